The number of carbonyl (C=O) groups excluding carboxylic acids is 1. The normalized spacial score (nSPS) is 13.5. The SMILES string of the molecule is CCN(CC)CCOC(=O)C(O)(c1ccccc1)c1ccccc1C. The van der Waals surface area contributed by atoms with Crippen molar-refractivity contribution in [2.75, 3.05) is 26.2 Å². The first kappa shape index (κ1) is 19.2. The molecule has 25 heavy (non-hydrogen) atoms. The van der Waals surface area contributed by atoms with Gasteiger partial charge in [0.1, 0.15) is 6.61 Å². The van der Waals surface area contributed by atoms with Gasteiger partial charge < -0.3 is 14.7 Å². The fourth-order valence-corrected chi connectivity index (χ4v) is 2.95. The van der Waals surface area contributed by atoms with Gasteiger partial charge in [0.25, 0.3) is 0 Å². The summed E-state index contributed by atoms with van der Waals surface area (Å²) in [5.41, 5.74) is 0.0938. The van der Waals surface area contributed by atoms with Crippen molar-refractivity contribution in [3.05, 3.63) is 71.3 Å². The molecule has 0 spiro atoms. The molecule has 1 N–H and O–H groups in total. The highest BCUT2D eigenvalue weighted by atomic mass is 16.5. The highest BCUT2D eigenvalue weighted by Crippen LogP contribution is 2.33. The molecular formula is C21H27NO3. The second-order valence-corrected chi connectivity index (χ2v) is 6.05. The number of rotatable bonds is 8. The topological polar surface area (TPSA) is 49.8 Å². The van der Waals surface area contributed by atoms with Gasteiger partial charge >= 0.3 is 5.97 Å². The van der Waals surface area contributed by atoms with Gasteiger partial charge in [0.15, 0.2) is 0 Å². The zero-order valence-corrected chi connectivity index (χ0v) is 15.2. The summed E-state index contributed by atoms with van der Waals surface area (Å²) in [7, 11) is 0. The summed E-state index contributed by atoms with van der Waals surface area (Å²) in [6.07, 6.45) is 0. The molecule has 0 saturated carbocycles. The Morgan fingerprint density at radius 2 is 1.64 bits per heavy atom. The lowest BCUT2D eigenvalue weighted by atomic mass is 9.84. The summed E-state index contributed by atoms with van der Waals surface area (Å²) in [6, 6.07) is 16.3. The summed E-state index contributed by atoms with van der Waals surface area (Å²) in [5.74, 6) is -0.639. The first-order valence-electron chi connectivity index (χ1n) is 8.77. The van der Waals surface area contributed by atoms with Gasteiger partial charge in [0.2, 0.25) is 5.60 Å². The largest absolute Gasteiger partial charge is 0.462 e. The Bertz CT molecular complexity index is 683. The Morgan fingerprint density at radius 3 is 2.24 bits per heavy atom. The second-order valence-electron chi connectivity index (χ2n) is 6.05. The average molecular weight is 341 g/mol. The fraction of sp³-hybridized carbons (Fsp3) is 0.381. The van der Waals surface area contributed by atoms with E-state index in [1.807, 2.05) is 43.3 Å². The minimum absolute atomic E-state index is 0.252. The predicted octanol–water partition coefficient (Wildman–Crippen LogP) is 3.12. The van der Waals surface area contributed by atoms with Crippen LogP contribution in [0.4, 0.5) is 0 Å². The molecule has 0 fully saturated rings. The van der Waals surface area contributed by atoms with Crippen LogP contribution in [0.1, 0.15) is 30.5 Å². The summed E-state index contributed by atoms with van der Waals surface area (Å²) < 4.78 is 5.47. The molecule has 0 bridgehead atoms. The summed E-state index contributed by atoms with van der Waals surface area (Å²) in [6.45, 7) is 8.72. The van der Waals surface area contributed by atoms with Gasteiger partial charge in [-0.15, -0.1) is 0 Å². The summed E-state index contributed by atoms with van der Waals surface area (Å²) in [5, 5.41) is 11.4. The molecule has 2 aromatic carbocycles. The van der Waals surface area contributed by atoms with Gasteiger partial charge in [0.05, 0.1) is 0 Å². The van der Waals surface area contributed by atoms with Crippen LogP contribution in [0.3, 0.4) is 0 Å². The standard InChI is InChI=1S/C21H27NO3/c1-4-22(5-2)15-16-25-20(23)21(24,18-12-7-6-8-13-18)19-14-10-9-11-17(19)3/h6-14,24H,4-5,15-16H2,1-3H3. The van der Waals surface area contributed by atoms with Crippen LogP contribution in [0.15, 0.2) is 54.6 Å². The van der Waals surface area contributed by atoms with Crippen LogP contribution in [-0.2, 0) is 15.1 Å². The zero-order valence-electron chi connectivity index (χ0n) is 15.2. The molecule has 4 heteroatoms. The van der Waals surface area contributed by atoms with Crippen molar-refractivity contribution >= 4 is 5.97 Å². The van der Waals surface area contributed by atoms with Crippen molar-refractivity contribution in [3.8, 4) is 0 Å². The Hall–Kier alpha value is -2.17. The molecule has 0 saturated heterocycles. The van der Waals surface area contributed by atoms with Crippen LogP contribution < -0.4 is 0 Å². The molecule has 0 aliphatic carbocycles. The van der Waals surface area contributed by atoms with Crippen LogP contribution in [0.5, 0.6) is 0 Å². The van der Waals surface area contributed by atoms with Crippen molar-refractivity contribution in [1.82, 2.24) is 4.90 Å². The van der Waals surface area contributed by atoms with Gasteiger partial charge in [-0.25, -0.2) is 4.79 Å². The number of nitrogens with zero attached hydrogens (tertiary/aromatic N) is 1. The van der Waals surface area contributed by atoms with Crippen molar-refractivity contribution in [3.63, 3.8) is 0 Å². The number of esters is 1. The zero-order chi connectivity index (χ0) is 18.3. The van der Waals surface area contributed by atoms with Crippen molar-refractivity contribution < 1.29 is 14.6 Å². The van der Waals surface area contributed by atoms with Crippen LogP contribution in [0.25, 0.3) is 0 Å². The van der Waals surface area contributed by atoms with E-state index in [9.17, 15) is 9.90 Å². The number of benzene rings is 2. The number of likely N-dealkylation sites (N-methyl/N-ethyl adjacent to an activating group) is 1. The van der Waals surface area contributed by atoms with E-state index in [0.29, 0.717) is 17.7 Å². The lowest BCUT2D eigenvalue weighted by Gasteiger charge is -2.29. The molecule has 0 amide bonds. The van der Waals surface area contributed by atoms with E-state index in [1.165, 1.54) is 0 Å². The smallest absolute Gasteiger partial charge is 0.347 e. The number of aryl methyl sites for hydroxylation is 1. The van der Waals surface area contributed by atoms with E-state index in [4.69, 9.17) is 4.74 Å². The predicted molar refractivity (Wildman–Crippen MR) is 99.4 cm³/mol. The Labute approximate surface area is 150 Å². The van der Waals surface area contributed by atoms with E-state index in [2.05, 4.69) is 18.7 Å². The molecule has 4 nitrogen and oxygen atoms in total. The number of carbonyl (C=O) groups is 1. The van der Waals surface area contributed by atoms with Crippen molar-refractivity contribution in [2.24, 2.45) is 0 Å². The third-order valence-electron chi connectivity index (χ3n) is 4.56. The second kappa shape index (κ2) is 8.79. The molecule has 2 rings (SSSR count). The van der Waals surface area contributed by atoms with Crippen LogP contribution >= 0.6 is 0 Å². The molecule has 0 heterocycles. The molecule has 1 atom stereocenters. The molecule has 134 valence electrons. The van der Waals surface area contributed by atoms with Crippen molar-refractivity contribution in [2.45, 2.75) is 26.4 Å². The van der Waals surface area contributed by atoms with Crippen LogP contribution in [0, 0.1) is 6.92 Å². The maximum absolute atomic E-state index is 12.9. The minimum Gasteiger partial charge on any atom is -0.462 e. The number of hydrogen-bond donors (Lipinski definition) is 1. The van der Waals surface area contributed by atoms with Gasteiger partial charge in [-0.05, 0) is 31.1 Å². The van der Waals surface area contributed by atoms with Gasteiger partial charge in [0, 0.05) is 12.1 Å². The molecule has 0 aromatic heterocycles. The summed E-state index contributed by atoms with van der Waals surface area (Å²) in [4.78, 5) is 15.1. The minimum atomic E-state index is -1.81. The quantitative estimate of drug-likeness (QED) is 0.750. The maximum Gasteiger partial charge on any atom is 0.347 e. The fourth-order valence-electron chi connectivity index (χ4n) is 2.95. The first-order valence-corrected chi connectivity index (χ1v) is 8.77. The molecule has 1 unspecified atom stereocenters. The molecule has 2 aromatic rings. The van der Waals surface area contributed by atoms with Gasteiger partial charge in [-0.1, -0.05) is 68.4 Å². The van der Waals surface area contributed by atoms with Crippen LogP contribution in [0.2, 0.25) is 0 Å². The molecule has 0 aliphatic heterocycles. The highest BCUT2D eigenvalue weighted by Gasteiger charge is 2.42. The molecule has 0 aliphatic rings. The molecule has 0 radical (unpaired) electrons. The van der Waals surface area contributed by atoms with E-state index in [1.54, 1.807) is 18.2 Å². The highest BCUT2D eigenvalue weighted by molar-refractivity contribution is 5.86. The molecular weight excluding hydrogens is 314 g/mol. The lowest BCUT2D eigenvalue weighted by Crippen LogP contribution is -2.40. The van der Waals surface area contributed by atoms with Crippen LogP contribution in [-0.4, -0.2) is 42.2 Å². The van der Waals surface area contributed by atoms with E-state index < -0.39 is 11.6 Å². The third-order valence-corrected chi connectivity index (χ3v) is 4.56. The lowest BCUT2D eigenvalue weighted by molar-refractivity contribution is -0.162. The van der Waals surface area contributed by atoms with Gasteiger partial charge in [-0.3, -0.25) is 0 Å². The number of ether oxygens (including phenoxy) is 1. The Morgan fingerprint density at radius 1 is 1.04 bits per heavy atom. The Kier molecular flexibility index (Phi) is 6.73. The Balaban J connectivity index is 2.30. The number of hydrogen-bond acceptors (Lipinski definition) is 4. The van der Waals surface area contributed by atoms with Crippen molar-refractivity contribution in [1.29, 1.82) is 0 Å². The summed E-state index contributed by atoms with van der Waals surface area (Å²) >= 11 is 0. The average Bonchev–Trinajstić information content (AvgIpc) is 2.65. The van der Waals surface area contributed by atoms with E-state index >= 15 is 0 Å². The third kappa shape index (κ3) is 4.27. The maximum atomic E-state index is 12.9. The van der Waals surface area contributed by atoms with E-state index in [0.717, 1.165) is 18.7 Å². The number of aliphatic hydroxyl groups is 1. The van der Waals surface area contributed by atoms with Gasteiger partial charge in [-0.2, -0.15) is 0 Å². The monoisotopic (exact) mass is 341 g/mol. The van der Waals surface area contributed by atoms with E-state index in [-0.39, 0.29) is 6.61 Å². The first-order chi connectivity index (χ1) is 12.0.